The molecule has 1 aliphatic rings. The van der Waals surface area contributed by atoms with Gasteiger partial charge in [0, 0.05) is 23.7 Å². The van der Waals surface area contributed by atoms with E-state index in [9.17, 15) is 4.79 Å². The lowest BCUT2D eigenvalue weighted by atomic mass is 9.99. The van der Waals surface area contributed by atoms with Crippen LogP contribution >= 0.6 is 11.6 Å². The summed E-state index contributed by atoms with van der Waals surface area (Å²) in [6.45, 7) is 0.731. The second-order valence-electron chi connectivity index (χ2n) is 6.01. The third-order valence-electron chi connectivity index (χ3n) is 4.34. The number of nitrogens with one attached hydrogen (secondary N) is 2. The molecule has 0 spiro atoms. The van der Waals surface area contributed by atoms with Crippen LogP contribution in [0, 0.1) is 0 Å². The van der Waals surface area contributed by atoms with Crippen molar-refractivity contribution in [2.45, 2.75) is 12.0 Å². The van der Waals surface area contributed by atoms with Crippen molar-refractivity contribution in [3.05, 3.63) is 74.8 Å². The van der Waals surface area contributed by atoms with E-state index in [1.165, 1.54) is 0 Å². The molecule has 2 heterocycles. The third kappa shape index (κ3) is 3.01. The summed E-state index contributed by atoms with van der Waals surface area (Å²) in [7, 11) is 0. The number of hydrogen-bond acceptors (Lipinski definition) is 5. The Hall–Kier alpha value is -2.70. The molecule has 1 aliphatic heterocycles. The second kappa shape index (κ2) is 6.31. The minimum absolute atomic E-state index is 0.164. The molecule has 2 unspecified atom stereocenters. The van der Waals surface area contributed by atoms with Crippen LogP contribution in [0.3, 0.4) is 0 Å². The lowest BCUT2D eigenvalue weighted by molar-refractivity contribution is 0.764. The highest BCUT2D eigenvalue weighted by molar-refractivity contribution is 6.30. The van der Waals surface area contributed by atoms with E-state index in [2.05, 4.69) is 20.5 Å². The van der Waals surface area contributed by atoms with Gasteiger partial charge in [-0.05, 0) is 35.4 Å². The quantitative estimate of drug-likeness (QED) is 0.673. The highest BCUT2D eigenvalue weighted by Crippen LogP contribution is 2.22. The zero-order chi connectivity index (χ0) is 17.4. The Morgan fingerprint density at radius 1 is 1.24 bits per heavy atom. The number of aromatic amines is 1. The summed E-state index contributed by atoms with van der Waals surface area (Å²) >= 11 is 6.02. The Kier molecular flexibility index (Phi) is 3.99. The molecule has 0 bridgehead atoms. The normalized spacial score (nSPS) is 17.6. The van der Waals surface area contributed by atoms with Gasteiger partial charge in [-0.15, -0.1) is 0 Å². The first-order chi connectivity index (χ1) is 12.1. The molecule has 6 nitrogen and oxygen atoms in total. The van der Waals surface area contributed by atoms with Crippen molar-refractivity contribution >= 4 is 28.7 Å². The molecule has 4 N–H and O–H groups in total. The minimum atomic E-state index is -0.554. The van der Waals surface area contributed by atoms with Crippen LogP contribution in [0.1, 0.15) is 28.9 Å². The summed E-state index contributed by atoms with van der Waals surface area (Å²) in [6.07, 6.45) is 1.84. The first kappa shape index (κ1) is 15.8. The number of hydrazone groups is 1. The van der Waals surface area contributed by atoms with Crippen molar-refractivity contribution in [1.82, 2.24) is 15.4 Å². The molecule has 0 saturated heterocycles. The molecule has 7 heteroatoms. The summed E-state index contributed by atoms with van der Waals surface area (Å²) in [5, 5.41) is 5.15. The van der Waals surface area contributed by atoms with Crippen LogP contribution in [0.25, 0.3) is 10.9 Å². The molecule has 0 saturated carbocycles. The average Bonchev–Trinajstić information content (AvgIpc) is 3.15. The van der Waals surface area contributed by atoms with Gasteiger partial charge in [-0.2, -0.15) is 5.10 Å². The number of H-pyrrole nitrogens is 1. The van der Waals surface area contributed by atoms with Gasteiger partial charge in [0.2, 0.25) is 0 Å². The van der Waals surface area contributed by atoms with Crippen molar-refractivity contribution in [2.75, 3.05) is 6.54 Å². The van der Waals surface area contributed by atoms with E-state index in [1.54, 1.807) is 12.1 Å². The van der Waals surface area contributed by atoms with E-state index in [1.807, 2.05) is 36.5 Å². The monoisotopic (exact) mass is 353 g/mol. The van der Waals surface area contributed by atoms with Crippen molar-refractivity contribution in [1.29, 1.82) is 0 Å². The topological polar surface area (TPSA) is 96.2 Å². The molecule has 126 valence electrons. The fourth-order valence-electron chi connectivity index (χ4n) is 2.96. The van der Waals surface area contributed by atoms with Crippen molar-refractivity contribution in [3.8, 4) is 0 Å². The van der Waals surface area contributed by atoms with Gasteiger partial charge in [-0.3, -0.25) is 4.79 Å². The van der Waals surface area contributed by atoms with E-state index in [4.69, 9.17) is 17.3 Å². The highest BCUT2D eigenvalue weighted by atomic mass is 35.5. The third-order valence-corrected chi connectivity index (χ3v) is 4.57. The Morgan fingerprint density at radius 2 is 2.12 bits per heavy atom. The predicted octanol–water partition coefficient (Wildman–Crippen LogP) is 2.30. The number of nitrogens with two attached hydrogens (primary N) is 1. The zero-order valence-electron chi connectivity index (χ0n) is 13.2. The number of aromatic nitrogens is 2. The SMILES string of the molecule is NC(c1cccc(Cl)c1)c1nc2ccc(C3C=NNC3)cc2c(=O)[nH]1. The number of benzene rings is 2. The van der Waals surface area contributed by atoms with Crippen LogP contribution < -0.4 is 16.7 Å². The summed E-state index contributed by atoms with van der Waals surface area (Å²) in [5.74, 6) is 0.578. The molecule has 0 radical (unpaired) electrons. The van der Waals surface area contributed by atoms with Gasteiger partial charge in [0.15, 0.2) is 0 Å². The van der Waals surface area contributed by atoms with Crippen LogP contribution in [0.15, 0.2) is 52.4 Å². The lowest BCUT2D eigenvalue weighted by Gasteiger charge is -2.13. The van der Waals surface area contributed by atoms with E-state index in [0.717, 1.165) is 17.7 Å². The lowest BCUT2D eigenvalue weighted by Crippen LogP contribution is -2.21. The maximum atomic E-state index is 12.5. The van der Waals surface area contributed by atoms with E-state index in [-0.39, 0.29) is 11.5 Å². The first-order valence-electron chi connectivity index (χ1n) is 7.93. The van der Waals surface area contributed by atoms with Crippen molar-refractivity contribution < 1.29 is 0 Å². The number of nitrogens with zero attached hydrogens (tertiary/aromatic N) is 2. The Bertz CT molecular complexity index is 1030. The fraction of sp³-hybridized carbons (Fsp3) is 0.167. The molecule has 3 aromatic rings. The summed E-state index contributed by atoms with van der Waals surface area (Å²) in [5.41, 5.74) is 11.4. The van der Waals surface area contributed by atoms with Crippen molar-refractivity contribution in [3.63, 3.8) is 0 Å². The average molecular weight is 354 g/mol. The molecule has 2 aromatic carbocycles. The first-order valence-corrected chi connectivity index (χ1v) is 8.30. The van der Waals surface area contributed by atoms with E-state index >= 15 is 0 Å². The second-order valence-corrected chi connectivity index (χ2v) is 6.44. The zero-order valence-corrected chi connectivity index (χ0v) is 14.0. The number of halogens is 1. The van der Waals surface area contributed by atoms with Gasteiger partial charge in [-0.1, -0.05) is 29.8 Å². The molecule has 0 fully saturated rings. The Labute approximate surface area is 148 Å². The van der Waals surface area contributed by atoms with Gasteiger partial charge in [0.05, 0.1) is 16.9 Å². The van der Waals surface area contributed by atoms with Gasteiger partial charge in [0.25, 0.3) is 5.56 Å². The van der Waals surface area contributed by atoms with Gasteiger partial charge in [-0.25, -0.2) is 4.98 Å². The van der Waals surface area contributed by atoms with Crippen LogP contribution in [-0.4, -0.2) is 22.7 Å². The Morgan fingerprint density at radius 3 is 2.88 bits per heavy atom. The summed E-state index contributed by atoms with van der Waals surface area (Å²) in [4.78, 5) is 19.9. The fourth-order valence-corrected chi connectivity index (χ4v) is 3.16. The van der Waals surface area contributed by atoms with Crippen LogP contribution in [0.5, 0.6) is 0 Å². The smallest absolute Gasteiger partial charge is 0.258 e. The summed E-state index contributed by atoms with van der Waals surface area (Å²) < 4.78 is 0. The molecule has 0 aliphatic carbocycles. The molecular formula is C18H16ClN5O. The van der Waals surface area contributed by atoms with Crippen LogP contribution in [0.2, 0.25) is 5.02 Å². The maximum absolute atomic E-state index is 12.5. The number of rotatable bonds is 3. The van der Waals surface area contributed by atoms with Crippen molar-refractivity contribution in [2.24, 2.45) is 10.8 Å². The van der Waals surface area contributed by atoms with Gasteiger partial charge >= 0.3 is 0 Å². The van der Waals surface area contributed by atoms with Gasteiger partial charge in [0.1, 0.15) is 5.82 Å². The molecule has 2 atom stereocenters. The predicted molar refractivity (Wildman–Crippen MR) is 99.1 cm³/mol. The molecule has 4 rings (SSSR count). The van der Waals surface area contributed by atoms with Crippen LogP contribution in [0.4, 0.5) is 0 Å². The van der Waals surface area contributed by atoms with E-state index in [0.29, 0.717) is 21.7 Å². The number of hydrogen-bond donors (Lipinski definition) is 3. The maximum Gasteiger partial charge on any atom is 0.258 e. The molecule has 1 aromatic heterocycles. The van der Waals surface area contributed by atoms with E-state index < -0.39 is 6.04 Å². The highest BCUT2D eigenvalue weighted by Gasteiger charge is 2.17. The largest absolute Gasteiger partial charge is 0.318 e. The number of fused-ring (bicyclic) bond motifs is 1. The summed E-state index contributed by atoms with van der Waals surface area (Å²) in [6, 6.07) is 12.3. The van der Waals surface area contributed by atoms with Crippen LogP contribution in [-0.2, 0) is 0 Å². The van der Waals surface area contributed by atoms with Gasteiger partial charge < -0.3 is 16.1 Å². The molecule has 25 heavy (non-hydrogen) atoms. The Balaban J connectivity index is 1.76. The molecular weight excluding hydrogens is 338 g/mol. The standard InChI is InChI=1S/C18H16ClN5O/c19-13-3-1-2-11(6-13)16(20)17-23-15-5-4-10(12-8-21-22-9-12)7-14(15)18(25)24-17/h1-8,12,16,22H,9,20H2,(H,23,24,25). The molecule has 0 amide bonds. The minimum Gasteiger partial charge on any atom is -0.318 e.